The zero-order valence-corrected chi connectivity index (χ0v) is 21.9. The number of furan rings is 1. The van der Waals surface area contributed by atoms with E-state index < -0.39 is 0 Å². The predicted molar refractivity (Wildman–Crippen MR) is 141 cm³/mol. The van der Waals surface area contributed by atoms with Gasteiger partial charge in [-0.1, -0.05) is 13.8 Å². The van der Waals surface area contributed by atoms with Gasteiger partial charge < -0.3 is 29.6 Å². The van der Waals surface area contributed by atoms with Crippen molar-refractivity contribution < 1.29 is 19.0 Å². The van der Waals surface area contributed by atoms with Crippen molar-refractivity contribution in [2.45, 2.75) is 59.9 Å². The standard InChI is InChI=1S/C27H40N4O4/c1-7-21(10-9-17(3)16-32)30-27-25(18(4)13-23(31-27)28-11-12-33-6)22-14-20-15-24(34-8-2)29-19(5)26(20)35-22/h13-15,17,21,32H,7-12,16H2,1-6H3,(H2,28,30,31). The molecule has 0 aliphatic heterocycles. The van der Waals surface area contributed by atoms with Crippen molar-refractivity contribution in [1.29, 1.82) is 0 Å². The van der Waals surface area contributed by atoms with Crippen molar-refractivity contribution >= 4 is 22.6 Å². The van der Waals surface area contributed by atoms with Crippen LogP contribution in [0.15, 0.2) is 22.6 Å². The van der Waals surface area contributed by atoms with E-state index in [2.05, 4.69) is 36.4 Å². The first-order chi connectivity index (χ1) is 16.9. The third kappa shape index (κ3) is 6.86. The second-order valence-electron chi connectivity index (χ2n) is 9.09. The Kier molecular flexibility index (Phi) is 9.74. The molecule has 0 aliphatic rings. The van der Waals surface area contributed by atoms with Crippen LogP contribution in [0.2, 0.25) is 0 Å². The molecule has 35 heavy (non-hydrogen) atoms. The van der Waals surface area contributed by atoms with Crippen molar-refractivity contribution in [3.63, 3.8) is 0 Å². The van der Waals surface area contributed by atoms with Gasteiger partial charge in [-0.3, -0.25) is 0 Å². The molecule has 8 nitrogen and oxygen atoms in total. The Hall–Kier alpha value is -2.84. The monoisotopic (exact) mass is 484 g/mol. The molecule has 0 aromatic carbocycles. The Morgan fingerprint density at radius 2 is 1.91 bits per heavy atom. The fraction of sp³-hybridized carbons (Fsp3) is 0.556. The highest BCUT2D eigenvalue weighted by atomic mass is 16.5. The van der Waals surface area contributed by atoms with Gasteiger partial charge in [-0.15, -0.1) is 0 Å². The first-order valence-corrected chi connectivity index (χ1v) is 12.6. The summed E-state index contributed by atoms with van der Waals surface area (Å²) in [5.74, 6) is 3.18. The van der Waals surface area contributed by atoms with Crippen LogP contribution in [0.4, 0.5) is 11.6 Å². The van der Waals surface area contributed by atoms with E-state index in [9.17, 15) is 5.11 Å². The van der Waals surface area contributed by atoms with Crippen molar-refractivity contribution in [1.82, 2.24) is 9.97 Å². The normalized spacial score (nSPS) is 13.1. The van der Waals surface area contributed by atoms with E-state index in [0.29, 0.717) is 25.6 Å². The molecule has 3 N–H and O–H groups in total. The van der Waals surface area contributed by atoms with Crippen LogP contribution < -0.4 is 15.4 Å². The summed E-state index contributed by atoms with van der Waals surface area (Å²) in [6.45, 7) is 12.2. The van der Waals surface area contributed by atoms with Crippen LogP contribution >= 0.6 is 0 Å². The number of hydrogen-bond acceptors (Lipinski definition) is 8. The van der Waals surface area contributed by atoms with E-state index in [1.165, 1.54) is 0 Å². The second kappa shape index (κ2) is 12.7. The summed E-state index contributed by atoms with van der Waals surface area (Å²) in [6.07, 6.45) is 2.83. The summed E-state index contributed by atoms with van der Waals surface area (Å²) < 4.78 is 17.1. The van der Waals surface area contributed by atoms with E-state index in [1.807, 2.05) is 32.0 Å². The van der Waals surface area contributed by atoms with E-state index in [4.69, 9.17) is 18.9 Å². The van der Waals surface area contributed by atoms with Gasteiger partial charge in [0.15, 0.2) is 5.58 Å². The van der Waals surface area contributed by atoms with Crippen LogP contribution in [0.5, 0.6) is 5.88 Å². The molecule has 0 amide bonds. The number of pyridine rings is 2. The summed E-state index contributed by atoms with van der Waals surface area (Å²) in [5, 5.41) is 17.4. The van der Waals surface area contributed by atoms with E-state index in [0.717, 1.165) is 64.4 Å². The fourth-order valence-corrected chi connectivity index (χ4v) is 4.13. The average molecular weight is 485 g/mol. The van der Waals surface area contributed by atoms with Gasteiger partial charge in [-0.25, -0.2) is 9.97 Å². The summed E-state index contributed by atoms with van der Waals surface area (Å²) in [5.41, 5.74) is 3.53. The van der Waals surface area contributed by atoms with Crippen molar-refractivity contribution in [2.24, 2.45) is 5.92 Å². The lowest BCUT2D eigenvalue weighted by Gasteiger charge is -2.22. The Labute approximate surface area is 208 Å². The van der Waals surface area contributed by atoms with Crippen LogP contribution in [0.25, 0.3) is 22.3 Å². The highest BCUT2D eigenvalue weighted by molar-refractivity contribution is 5.88. The number of hydrogen-bond donors (Lipinski definition) is 3. The molecule has 0 saturated heterocycles. The molecule has 2 atom stereocenters. The highest BCUT2D eigenvalue weighted by Crippen LogP contribution is 2.37. The molecule has 192 valence electrons. The summed E-state index contributed by atoms with van der Waals surface area (Å²) >= 11 is 0. The Morgan fingerprint density at radius 3 is 2.60 bits per heavy atom. The lowest BCUT2D eigenvalue weighted by atomic mass is 10.00. The van der Waals surface area contributed by atoms with Crippen LogP contribution in [0.3, 0.4) is 0 Å². The lowest BCUT2D eigenvalue weighted by Crippen LogP contribution is -2.22. The largest absolute Gasteiger partial charge is 0.478 e. The number of aliphatic hydroxyl groups is 1. The number of nitrogens with zero attached hydrogens (tertiary/aromatic N) is 2. The summed E-state index contributed by atoms with van der Waals surface area (Å²) in [7, 11) is 1.69. The molecule has 0 bridgehead atoms. The minimum atomic E-state index is 0.202. The number of ether oxygens (including phenoxy) is 2. The number of aryl methyl sites for hydroxylation is 2. The fourth-order valence-electron chi connectivity index (χ4n) is 4.13. The number of aliphatic hydroxyl groups excluding tert-OH is 1. The molecule has 2 unspecified atom stereocenters. The summed E-state index contributed by atoms with van der Waals surface area (Å²) in [4.78, 5) is 9.45. The van der Waals surface area contributed by atoms with Gasteiger partial charge in [-0.2, -0.15) is 0 Å². The summed E-state index contributed by atoms with van der Waals surface area (Å²) in [6, 6.07) is 6.21. The SMILES string of the molecule is CCOc1cc2cc(-c3c(C)cc(NCCOC)nc3NC(CC)CCC(C)CO)oc2c(C)n1. The minimum Gasteiger partial charge on any atom is -0.478 e. The molecule has 0 aliphatic carbocycles. The van der Waals surface area contributed by atoms with E-state index in [-0.39, 0.29) is 18.6 Å². The molecule has 3 aromatic heterocycles. The van der Waals surface area contributed by atoms with Crippen molar-refractivity contribution in [2.75, 3.05) is 44.1 Å². The van der Waals surface area contributed by atoms with Crippen molar-refractivity contribution in [3.05, 3.63) is 29.5 Å². The topological polar surface area (TPSA) is 102 Å². The number of fused-ring (bicyclic) bond motifs is 1. The van der Waals surface area contributed by atoms with Crippen LogP contribution in [-0.4, -0.2) is 54.6 Å². The van der Waals surface area contributed by atoms with Gasteiger partial charge in [0.1, 0.15) is 17.4 Å². The molecule has 0 radical (unpaired) electrons. The van der Waals surface area contributed by atoms with Gasteiger partial charge in [0, 0.05) is 37.8 Å². The van der Waals surface area contributed by atoms with Gasteiger partial charge in [0.2, 0.25) is 5.88 Å². The van der Waals surface area contributed by atoms with Gasteiger partial charge in [-0.05, 0) is 63.6 Å². The maximum atomic E-state index is 9.45. The molecule has 0 spiro atoms. The molecule has 0 saturated carbocycles. The zero-order valence-electron chi connectivity index (χ0n) is 21.9. The Morgan fingerprint density at radius 1 is 1.11 bits per heavy atom. The molecule has 3 aromatic rings. The van der Waals surface area contributed by atoms with Crippen LogP contribution in [0, 0.1) is 19.8 Å². The average Bonchev–Trinajstić information content (AvgIpc) is 3.25. The van der Waals surface area contributed by atoms with Crippen LogP contribution in [-0.2, 0) is 4.74 Å². The van der Waals surface area contributed by atoms with Gasteiger partial charge in [0.25, 0.3) is 0 Å². The van der Waals surface area contributed by atoms with Crippen LogP contribution in [0.1, 0.15) is 51.3 Å². The number of aromatic nitrogens is 2. The molecule has 0 fully saturated rings. The van der Waals surface area contributed by atoms with Gasteiger partial charge in [0.05, 0.1) is 24.5 Å². The molecular formula is C27H40N4O4. The van der Waals surface area contributed by atoms with Crippen molar-refractivity contribution in [3.8, 4) is 17.2 Å². The quantitative estimate of drug-likeness (QED) is 0.256. The van der Waals surface area contributed by atoms with E-state index >= 15 is 0 Å². The highest BCUT2D eigenvalue weighted by Gasteiger charge is 2.20. The zero-order chi connectivity index (χ0) is 25.4. The Bertz CT molecular complexity index is 1100. The predicted octanol–water partition coefficient (Wildman–Crippen LogP) is 5.56. The third-order valence-electron chi connectivity index (χ3n) is 6.17. The minimum absolute atomic E-state index is 0.202. The molecule has 3 rings (SSSR count). The molecule has 3 heterocycles. The maximum absolute atomic E-state index is 9.45. The maximum Gasteiger partial charge on any atom is 0.214 e. The number of anilines is 2. The molecule has 8 heteroatoms. The number of nitrogens with one attached hydrogen (secondary N) is 2. The molecular weight excluding hydrogens is 444 g/mol. The Balaban J connectivity index is 2.02. The number of methoxy groups -OCH3 is 1. The first-order valence-electron chi connectivity index (χ1n) is 12.6. The second-order valence-corrected chi connectivity index (χ2v) is 9.09. The van der Waals surface area contributed by atoms with E-state index in [1.54, 1.807) is 7.11 Å². The van der Waals surface area contributed by atoms with Gasteiger partial charge >= 0.3 is 0 Å². The third-order valence-corrected chi connectivity index (χ3v) is 6.17. The number of rotatable bonds is 14. The first kappa shape index (κ1) is 26.8. The lowest BCUT2D eigenvalue weighted by molar-refractivity contribution is 0.210. The smallest absolute Gasteiger partial charge is 0.214 e.